The van der Waals surface area contributed by atoms with Crippen molar-refractivity contribution in [2.24, 2.45) is 5.92 Å². The average Bonchev–Trinajstić information content (AvgIpc) is 2.53. The summed E-state index contributed by atoms with van der Waals surface area (Å²) in [5.74, 6) is 0.606. The summed E-state index contributed by atoms with van der Waals surface area (Å²) in [7, 11) is 0. The molecule has 1 amide bonds. The van der Waals surface area contributed by atoms with E-state index in [1.165, 1.54) is 0 Å². The highest BCUT2D eigenvalue weighted by Gasteiger charge is 2.24. The molecule has 1 aromatic carbocycles. The fraction of sp³-hybridized carbons (Fsp3) is 0.632. The minimum absolute atomic E-state index is 0.113. The van der Waals surface area contributed by atoms with Gasteiger partial charge in [-0.2, -0.15) is 0 Å². The minimum Gasteiger partial charge on any atom is -0.389 e. The number of nitrogens with zero attached hydrogens (tertiary/aromatic N) is 1. The van der Waals surface area contributed by atoms with Gasteiger partial charge >= 0.3 is 0 Å². The smallest absolute Gasteiger partial charge is 0.222 e. The predicted molar refractivity (Wildman–Crippen MR) is 90.9 cm³/mol. The molecule has 1 unspecified atom stereocenters. The van der Waals surface area contributed by atoms with Crippen molar-refractivity contribution in [2.45, 2.75) is 51.7 Å². The van der Waals surface area contributed by atoms with Crippen molar-refractivity contribution < 1.29 is 14.6 Å². The van der Waals surface area contributed by atoms with Crippen LogP contribution in [0.25, 0.3) is 0 Å². The molecule has 23 heavy (non-hydrogen) atoms. The standard InChI is InChI=1S/C19H29NO3/c1-19(2,22)15-20(13-16-7-4-3-5-8-16)18(21)11-10-17-9-6-12-23-14-17/h3-5,7-8,17,22H,6,9-15H2,1-2H3. The topological polar surface area (TPSA) is 49.8 Å². The highest BCUT2D eigenvalue weighted by Crippen LogP contribution is 2.20. The Morgan fingerprint density at radius 1 is 1.35 bits per heavy atom. The first-order valence-electron chi connectivity index (χ1n) is 8.56. The SMILES string of the molecule is CC(C)(O)CN(Cc1ccccc1)C(=O)CCC1CCCOC1. The molecule has 4 heteroatoms. The Kier molecular flexibility index (Phi) is 6.60. The maximum Gasteiger partial charge on any atom is 0.222 e. The van der Waals surface area contributed by atoms with Crippen molar-refractivity contribution in [2.75, 3.05) is 19.8 Å². The molecule has 1 aromatic rings. The maximum absolute atomic E-state index is 12.6. The summed E-state index contributed by atoms with van der Waals surface area (Å²) in [5.41, 5.74) is 0.198. The normalized spacial score (nSPS) is 18.7. The monoisotopic (exact) mass is 319 g/mol. The van der Waals surface area contributed by atoms with E-state index in [9.17, 15) is 9.90 Å². The Balaban J connectivity index is 1.93. The van der Waals surface area contributed by atoms with Gasteiger partial charge in [0.25, 0.3) is 0 Å². The highest BCUT2D eigenvalue weighted by atomic mass is 16.5. The molecule has 1 heterocycles. The molecule has 1 atom stereocenters. The van der Waals surface area contributed by atoms with Crippen LogP contribution in [0.5, 0.6) is 0 Å². The van der Waals surface area contributed by atoms with Gasteiger partial charge < -0.3 is 14.7 Å². The molecule has 0 aliphatic carbocycles. The summed E-state index contributed by atoms with van der Waals surface area (Å²) in [6.45, 7) is 6.01. The van der Waals surface area contributed by atoms with Crippen molar-refractivity contribution >= 4 is 5.91 Å². The van der Waals surface area contributed by atoms with Crippen LogP contribution in [0.2, 0.25) is 0 Å². The number of amides is 1. The number of carbonyl (C=O) groups excluding carboxylic acids is 1. The molecule has 2 rings (SSSR count). The molecule has 0 radical (unpaired) electrons. The average molecular weight is 319 g/mol. The molecular weight excluding hydrogens is 290 g/mol. The summed E-state index contributed by atoms with van der Waals surface area (Å²) in [5, 5.41) is 10.1. The molecule has 0 aromatic heterocycles. The second-order valence-electron chi connectivity index (χ2n) is 7.17. The maximum atomic E-state index is 12.6. The van der Waals surface area contributed by atoms with Crippen LogP contribution in [0.15, 0.2) is 30.3 Å². The summed E-state index contributed by atoms with van der Waals surface area (Å²) < 4.78 is 5.49. The zero-order valence-corrected chi connectivity index (χ0v) is 14.3. The Morgan fingerprint density at radius 2 is 2.09 bits per heavy atom. The van der Waals surface area contributed by atoms with E-state index in [1.54, 1.807) is 18.7 Å². The third-order valence-electron chi connectivity index (χ3n) is 4.17. The lowest BCUT2D eigenvalue weighted by Gasteiger charge is -2.30. The zero-order chi connectivity index (χ0) is 16.7. The lowest BCUT2D eigenvalue weighted by Crippen LogP contribution is -2.42. The minimum atomic E-state index is -0.890. The van der Waals surface area contributed by atoms with E-state index in [2.05, 4.69) is 0 Å². The van der Waals surface area contributed by atoms with Gasteiger partial charge in [-0.15, -0.1) is 0 Å². The lowest BCUT2D eigenvalue weighted by atomic mass is 9.96. The van der Waals surface area contributed by atoms with Crippen LogP contribution < -0.4 is 0 Å². The molecule has 128 valence electrons. The number of benzene rings is 1. The van der Waals surface area contributed by atoms with Crippen LogP contribution in [0.4, 0.5) is 0 Å². The third-order valence-corrected chi connectivity index (χ3v) is 4.17. The first-order chi connectivity index (χ1) is 10.9. The van der Waals surface area contributed by atoms with Crippen LogP contribution in [-0.4, -0.2) is 41.3 Å². The van der Waals surface area contributed by atoms with Gasteiger partial charge in [-0.1, -0.05) is 30.3 Å². The van der Waals surface area contributed by atoms with Gasteiger partial charge in [0.05, 0.1) is 5.60 Å². The van der Waals surface area contributed by atoms with E-state index in [-0.39, 0.29) is 5.91 Å². The van der Waals surface area contributed by atoms with E-state index in [4.69, 9.17) is 4.74 Å². The second-order valence-corrected chi connectivity index (χ2v) is 7.17. The highest BCUT2D eigenvalue weighted by molar-refractivity contribution is 5.76. The zero-order valence-electron chi connectivity index (χ0n) is 14.3. The number of rotatable bonds is 7. The van der Waals surface area contributed by atoms with E-state index in [1.807, 2.05) is 30.3 Å². The van der Waals surface area contributed by atoms with Gasteiger partial charge in [-0.3, -0.25) is 4.79 Å². The molecule has 4 nitrogen and oxygen atoms in total. The lowest BCUT2D eigenvalue weighted by molar-refractivity contribution is -0.135. The number of ether oxygens (including phenoxy) is 1. The number of hydrogen-bond acceptors (Lipinski definition) is 3. The largest absolute Gasteiger partial charge is 0.389 e. The second kappa shape index (κ2) is 8.46. The van der Waals surface area contributed by atoms with E-state index in [0.717, 1.165) is 38.0 Å². The molecule has 0 saturated carbocycles. The molecule has 1 fully saturated rings. The Hall–Kier alpha value is -1.39. The Labute approximate surface area is 139 Å². The van der Waals surface area contributed by atoms with Gasteiger partial charge in [-0.05, 0) is 44.6 Å². The quantitative estimate of drug-likeness (QED) is 0.840. The molecule has 1 aliphatic heterocycles. The van der Waals surface area contributed by atoms with Gasteiger partial charge in [0, 0.05) is 32.7 Å². The summed E-state index contributed by atoms with van der Waals surface area (Å²) in [6.07, 6.45) is 3.64. The van der Waals surface area contributed by atoms with Crippen molar-refractivity contribution in [3.8, 4) is 0 Å². The van der Waals surface area contributed by atoms with Crippen LogP contribution >= 0.6 is 0 Å². The molecule has 0 spiro atoms. The molecular formula is C19H29NO3. The Bertz CT molecular complexity index is 475. The fourth-order valence-corrected chi connectivity index (χ4v) is 3.02. The van der Waals surface area contributed by atoms with E-state index < -0.39 is 5.60 Å². The van der Waals surface area contributed by atoms with Crippen molar-refractivity contribution in [3.63, 3.8) is 0 Å². The number of hydrogen-bond donors (Lipinski definition) is 1. The van der Waals surface area contributed by atoms with Gasteiger partial charge in [-0.25, -0.2) is 0 Å². The van der Waals surface area contributed by atoms with Gasteiger partial charge in [0.2, 0.25) is 5.91 Å². The van der Waals surface area contributed by atoms with Crippen molar-refractivity contribution in [1.82, 2.24) is 4.90 Å². The van der Waals surface area contributed by atoms with Gasteiger partial charge in [0.1, 0.15) is 0 Å². The van der Waals surface area contributed by atoms with Crippen molar-refractivity contribution in [3.05, 3.63) is 35.9 Å². The fourth-order valence-electron chi connectivity index (χ4n) is 3.02. The van der Waals surface area contributed by atoms with E-state index >= 15 is 0 Å². The number of carbonyl (C=O) groups is 1. The number of aliphatic hydroxyl groups is 1. The molecule has 0 bridgehead atoms. The van der Waals surface area contributed by atoms with Crippen molar-refractivity contribution in [1.29, 1.82) is 0 Å². The molecule has 1 N–H and O–H groups in total. The third kappa shape index (κ3) is 6.71. The molecule has 1 saturated heterocycles. The molecule has 1 aliphatic rings. The first kappa shape index (κ1) is 18.0. The summed E-state index contributed by atoms with van der Waals surface area (Å²) in [4.78, 5) is 14.4. The predicted octanol–water partition coefficient (Wildman–Crippen LogP) is 2.99. The Morgan fingerprint density at radius 3 is 2.70 bits per heavy atom. The van der Waals surface area contributed by atoms with Crippen LogP contribution in [0, 0.1) is 5.92 Å². The van der Waals surface area contributed by atoms with Crippen LogP contribution in [0.3, 0.4) is 0 Å². The van der Waals surface area contributed by atoms with E-state index in [0.29, 0.717) is 25.4 Å². The van der Waals surface area contributed by atoms with Crippen LogP contribution in [-0.2, 0) is 16.1 Å². The van der Waals surface area contributed by atoms with Crippen LogP contribution in [0.1, 0.15) is 45.1 Å². The summed E-state index contributed by atoms with van der Waals surface area (Å²) in [6, 6.07) is 9.94. The summed E-state index contributed by atoms with van der Waals surface area (Å²) >= 11 is 0. The first-order valence-corrected chi connectivity index (χ1v) is 8.56. The van der Waals surface area contributed by atoms with Gasteiger partial charge in [0.15, 0.2) is 0 Å².